The second-order valence-electron chi connectivity index (χ2n) is 3.47. The van der Waals surface area contributed by atoms with Gasteiger partial charge in [0.1, 0.15) is 4.99 Å². The summed E-state index contributed by atoms with van der Waals surface area (Å²) in [5.74, 6) is -0.382. The molecule has 0 saturated carbocycles. The Kier molecular flexibility index (Phi) is 4.07. The molecule has 0 aliphatic heterocycles. The van der Waals surface area contributed by atoms with Crippen LogP contribution >= 0.6 is 23.6 Å². The fourth-order valence-corrected chi connectivity index (χ4v) is 2.41. The number of anilines is 1. The molecule has 1 aromatic carbocycles. The lowest BCUT2D eigenvalue weighted by atomic mass is 10.2. The molecule has 92 valence electrons. The smallest absolute Gasteiger partial charge is 0.339 e. The largest absolute Gasteiger partial charge is 0.465 e. The number of benzene rings is 1. The van der Waals surface area contributed by atoms with E-state index in [9.17, 15) is 4.79 Å². The van der Waals surface area contributed by atoms with Gasteiger partial charge >= 0.3 is 5.97 Å². The van der Waals surface area contributed by atoms with Crippen molar-refractivity contribution >= 4 is 40.2 Å². The van der Waals surface area contributed by atoms with Crippen LogP contribution in [0.25, 0.3) is 0 Å². The number of esters is 1. The van der Waals surface area contributed by atoms with E-state index in [1.165, 1.54) is 7.11 Å². The van der Waals surface area contributed by atoms with Crippen molar-refractivity contribution in [3.8, 4) is 0 Å². The van der Waals surface area contributed by atoms with Crippen molar-refractivity contribution in [3.63, 3.8) is 0 Å². The minimum atomic E-state index is -0.382. The maximum absolute atomic E-state index is 11.6. The van der Waals surface area contributed by atoms with Gasteiger partial charge in [0.25, 0.3) is 0 Å². The van der Waals surface area contributed by atoms with Crippen molar-refractivity contribution < 1.29 is 9.53 Å². The zero-order valence-electron chi connectivity index (χ0n) is 9.67. The van der Waals surface area contributed by atoms with Gasteiger partial charge in [-0.3, -0.25) is 0 Å². The molecule has 0 atom stereocenters. The first kappa shape index (κ1) is 12.7. The Morgan fingerprint density at radius 2 is 2.06 bits per heavy atom. The highest BCUT2D eigenvalue weighted by Gasteiger charge is 2.12. The molecule has 5 heteroatoms. The van der Waals surface area contributed by atoms with E-state index in [1.54, 1.807) is 29.5 Å². The Balaban J connectivity index is 2.24. The molecular weight excluding hydrogens is 266 g/mol. The van der Waals surface area contributed by atoms with Crippen LogP contribution in [0.15, 0.2) is 41.8 Å². The molecule has 2 aromatic rings. The van der Waals surface area contributed by atoms with Crippen LogP contribution in [-0.2, 0) is 4.74 Å². The van der Waals surface area contributed by atoms with Crippen LogP contribution < -0.4 is 5.32 Å². The molecule has 3 nitrogen and oxygen atoms in total. The maximum Gasteiger partial charge on any atom is 0.339 e. The molecule has 1 heterocycles. The van der Waals surface area contributed by atoms with E-state index in [-0.39, 0.29) is 5.97 Å². The van der Waals surface area contributed by atoms with E-state index in [0.717, 1.165) is 4.88 Å². The molecule has 0 radical (unpaired) electrons. The van der Waals surface area contributed by atoms with Crippen molar-refractivity contribution in [2.75, 3.05) is 12.4 Å². The zero-order chi connectivity index (χ0) is 13.0. The molecule has 0 unspecified atom stereocenters. The van der Waals surface area contributed by atoms with Gasteiger partial charge < -0.3 is 10.1 Å². The molecule has 0 aliphatic carbocycles. The summed E-state index contributed by atoms with van der Waals surface area (Å²) in [6.45, 7) is 0. The summed E-state index contributed by atoms with van der Waals surface area (Å²) < 4.78 is 4.73. The molecule has 0 spiro atoms. The van der Waals surface area contributed by atoms with Gasteiger partial charge in [-0.2, -0.15) is 0 Å². The predicted molar refractivity (Wildman–Crippen MR) is 77.4 cm³/mol. The average Bonchev–Trinajstić information content (AvgIpc) is 2.92. The number of hydrogen-bond acceptors (Lipinski definition) is 4. The van der Waals surface area contributed by atoms with Gasteiger partial charge in [-0.25, -0.2) is 4.79 Å². The van der Waals surface area contributed by atoms with E-state index in [0.29, 0.717) is 16.2 Å². The standard InChI is InChI=1S/C13H11NO2S2/c1-16-13(15)9-5-2-3-6-10(9)14-12(17)11-7-4-8-18-11/h2-8H,1H3,(H,14,17). The third kappa shape index (κ3) is 2.75. The normalized spacial score (nSPS) is 9.83. The average molecular weight is 277 g/mol. The van der Waals surface area contributed by atoms with Gasteiger partial charge in [0.2, 0.25) is 0 Å². The molecular formula is C13H11NO2S2. The van der Waals surface area contributed by atoms with Gasteiger partial charge in [0, 0.05) is 0 Å². The molecule has 0 saturated heterocycles. The summed E-state index contributed by atoms with van der Waals surface area (Å²) in [5, 5.41) is 5.02. The quantitative estimate of drug-likeness (QED) is 0.690. The predicted octanol–water partition coefficient (Wildman–Crippen LogP) is 3.32. The minimum Gasteiger partial charge on any atom is -0.465 e. The highest BCUT2D eigenvalue weighted by atomic mass is 32.1. The van der Waals surface area contributed by atoms with Crippen molar-refractivity contribution in [2.24, 2.45) is 0 Å². The molecule has 0 fully saturated rings. The van der Waals surface area contributed by atoms with E-state index >= 15 is 0 Å². The number of carbonyl (C=O) groups is 1. The summed E-state index contributed by atoms with van der Waals surface area (Å²) in [5.41, 5.74) is 1.13. The van der Waals surface area contributed by atoms with Crippen molar-refractivity contribution in [1.29, 1.82) is 0 Å². The highest BCUT2D eigenvalue weighted by molar-refractivity contribution is 7.81. The van der Waals surface area contributed by atoms with E-state index in [1.807, 2.05) is 23.6 Å². The number of hydrogen-bond donors (Lipinski definition) is 1. The van der Waals surface area contributed by atoms with Crippen LogP contribution in [-0.4, -0.2) is 18.1 Å². The lowest BCUT2D eigenvalue weighted by molar-refractivity contribution is 0.0602. The van der Waals surface area contributed by atoms with Crippen LogP contribution in [0.3, 0.4) is 0 Å². The van der Waals surface area contributed by atoms with Crippen LogP contribution in [0.2, 0.25) is 0 Å². The van der Waals surface area contributed by atoms with Crippen LogP contribution in [0.4, 0.5) is 5.69 Å². The molecule has 0 aliphatic rings. The molecule has 2 rings (SSSR count). The maximum atomic E-state index is 11.6. The van der Waals surface area contributed by atoms with E-state index in [4.69, 9.17) is 17.0 Å². The number of carbonyl (C=O) groups excluding carboxylic acids is 1. The third-order valence-corrected chi connectivity index (χ3v) is 3.66. The summed E-state index contributed by atoms with van der Waals surface area (Å²) in [4.78, 5) is 13.2. The van der Waals surface area contributed by atoms with Crippen LogP contribution in [0, 0.1) is 0 Å². The highest BCUT2D eigenvalue weighted by Crippen LogP contribution is 2.19. The molecule has 1 N–H and O–H groups in total. The van der Waals surface area contributed by atoms with Gasteiger partial charge in [0.05, 0.1) is 23.2 Å². The summed E-state index contributed by atoms with van der Waals surface area (Å²) in [7, 11) is 1.36. The number of thiocarbonyl (C=S) groups is 1. The Morgan fingerprint density at radius 3 is 2.72 bits per heavy atom. The first-order chi connectivity index (χ1) is 8.72. The topological polar surface area (TPSA) is 38.3 Å². The van der Waals surface area contributed by atoms with Crippen molar-refractivity contribution in [2.45, 2.75) is 0 Å². The lowest BCUT2D eigenvalue weighted by Gasteiger charge is -2.10. The summed E-state index contributed by atoms with van der Waals surface area (Å²) in [6.07, 6.45) is 0. The number of ether oxygens (including phenoxy) is 1. The molecule has 1 aromatic heterocycles. The molecule has 0 amide bonds. The number of rotatable bonds is 3. The number of nitrogens with one attached hydrogen (secondary N) is 1. The fourth-order valence-electron chi connectivity index (χ4n) is 1.47. The molecule has 0 bridgehead atoms. The van der Waals surface area contributed by atoms with Crippen molar-refractivity contribution in [3.05, 3.63) is 52.2 Å². The van der Waals surface area contributed by atoms with Gasteiger partial charge in [-0.05, 0) is 23.6 Å². The van der Waals surface area contributed by atoms with Gasteiger partial charge in [-0.15, -0.1) is 11.3 Å². The monoisotopic (exact) mass is 277 g/mol. The Hall–Kier alpha value is -1.72. The number of methoxy groups -OCH3 is 1. The van der Waals surface area contributed by atoms with Crippen LogP contribution in [0.5, 0.6) is 0 Å². The summed E-state index contributed by atoms with van der Waals surface area (Å²) >= 11 is 6.84. The van der Waals surface area contributed by atoms with Gasteiger partial charge in [0.15, 0.2) is 0 Å². The first-order valence-corrected chi connectivity index (χ1v) is 6.53. The second kappa shape index (κ2) is 5.75. The van der Waals surface area contributed by atoms with Crippen LogP contribution in [0.1, 0.15) is 15.2 Å². The molecule has 18 heavy (non-hydrogen) atoms. The third-order valence-electron chi connectivity index (χ3n) is 2.33. The zero-order valence-corrected chi connectivity index (χ0v) is 11.3. The minimum absolute atomic E-state index is 0.382. The number of thiophene rings is 1. The summed E-state index contributed by atoms with van der Waals surface area (Å²) in [6, 6.07) is 11.0. The fraction of sp³-hybridized carbons (Fsp3) is 0.0769. The van der Waals surface area contributed by atoms with E-state index < -0.39 is 0 Å². The van der Waals surface area contributed by atoms with Crippen molar-refractivity contribution in [1.82, 2.24) is 0 Å². The Bertz CT molecular complexity index is 564. The Morgan fingerprint density at radius 1 is 1.28 bits per heavy atom. The van der Waals surface area contributed by atoms with E-state index in [2.05, 4.69) is 5.32 Å². The van der Waals surface area contributed by atoms with Gasteiger partial charge in [-0.1, -0.05) is 30.4 Å². The Labute approximate surface area is 114 Å². The lowest BCUT2D eigenvalue weighted by Crippen LogP contribution is -2.13. The first-order valence-electron chi connectivity index (χ1n) is 5.24. The second-order valence-corrected chi connectivity index (χ2v) is 4.82. The number of para-hydroxylation sites is 1. The SMILES string of the molecule is COC(=O)c1ccccc1NC(=S)c1cccs1.